The first kappa shape index (κ1) is 11.8. The predicted octanol–water partition coefficient (Wildman–Crippen LogP) is 2.62. The molecule has 0 radical (unpaired) electrons. The molecule has 1 aromatic rings. The summed E-state index contributed by atoms with van der Waals surface area (Å²) < 4.78 is 0. The lowest BCUT2D eigenvalue weighted by Crippen LogP contribution is -2.18. The molecule has 1 aromatic carbocycles. The number of carbonyl (C=O) groups excluding carboxylic acids is 1. The zero-order valence-corrected chi connectivity index (χ0v) is 9.49. The molecule has 0 bridgehead atoms. The first-order valence-electron chi connectivity index (χ1n) is 5.53. The van der Waals surface area contributed by atoms with E-state index in [9.17, 15) is 4.79 Å². The lowest BCUT2D eigenvalue weighted by atomic mass is 9.98. The molecule has 2 N–H and O–H groups in total. The van der Waals surface area contributed by atoms with E-state index < -0.39 is 0 Å². The summed E-state index contributed by atoms with van der Waals surface area (Å²) in [5.41, 5.74) is 7.58. The van der Waals surface area contributed by atoms with Crippen molar-refractivity contribution in [1.29, 1.82) is 0 Å². The normalized spacial score (nSPS) is 12.4. The van der Waals surface area contributed by atoms with Crippen LogP contribution in [0.15, 0.2) is 24.3 Å². The van der Waals surface area contributed by atoms with Gasteiger partial charge in [0.15, 0.2) is 0 Å². The zero-order chi connectivity index (χ0) is 11.3. The standard InChI is InChI=1S/C13H19NO/c1-3-4-5-11-6-8-12(9-7-11)10(2)13(14)15/h6-10H,3-5H2,1-2H3,(H2,14,15). The Labute approximate surface area is 91.5 Å². The van der Waals surface area contributed by atoms with Gasteiger partial charge in [-0.3, -0.25) is 4.79 Å². The Morgan fingerprint density at radius 3 is 2.40 bits per heavy atom. The van der Waals surface area contributed by atoms with Crippen LogP contribution in [0.5, 0.6) is 0 Å². The van der Waals surface area contributed by atoms with Gasteiger partial charge in [-0.05, 0) is 30.9 Å². The number of primary amides is 1. The van der Waals surface area contributed by atoms with E-state index in [1.807, 2.05) is 19.1 Å². The van der Waals surface area contributed by atoms with Gasteiger partial charge in [0, 0.05) is 0 Å². The molecule has 2 heteroatoms. The third-order valence-corrected chi connectivity index (χ3v) is 2.73. The third-order valence-electron chi connectivity index (χ3n) is 2.73. The van der Waals surface area contributed by atoms with Crippen molar-refractivity contribution in [3.05, 3.63) is 35.4 Å². The van der Waals surface area contributed by atoms with E-state index in [2.05, 4.69) is 19.1 Å². The highest BCUT2D eigenvalue weighted by Crippen LogP contribution is 2.16. The van der Waals surface area contributed by atoms with Gasteiger partial charge in [0.25, 0.3) is 0 Å². The van der Waals surface area contributed by atoms with Crippen LogP contribution in [0, 0.1) is 0 Å². The molecule has 0 fully saturated rings. The molecule has 0 aliphatic rings. The van der Waals surface area contributed by atoms with Crippen LogP contribution >= 0.6 is 0 Å². The summed E-state index contributed by atoms with van der Waals surface area (Å²) in [6.45, 7) is 4.02. The topological polar surface area (TPSA) is 43.1 Å². The molecule has 1 amide bonds. The van der Waals surface area contributed by atoms with E-state index in [1.54, 1.807) is 0 Å². The molecular weight excluding hydrogens is 186 g/mol. The van der Waals surface area contributed by atoms with Crippen molar-refractivity contribution in [3.63, 3.8) is 0 Å². The average molecular weight is 205 g/mol. The van der Waals surface area contributed by atoms with Crippen molar-refractivity contribution >= 4 is 5.91 Å². The molecule has 0 saturated carbocycles. The number of nitrogens with two attached hydrogens (primary N) is 1. The molecule has 0 aromatic heterocycles. The maximum absolute atomic E-state index is 11.0. The maximum Gasteiger partial charge on any atom is 0.224 e. The van der Waals surface area contributed by atoms with Crippen LogP contribution in [0.25, 0.3) is 0 Å². The van der Waals surface area contributed by atoms with Crippen molar-refractivity contribution in [1.82, 2.24) is 0 Å². The van der Waals surface area contributed by atoms with Gasteiger partial charge in [-0.2, -0.15) is 0 Å². The summed E-state index contributed by atoms with van der Waals surface area (Å²) in [6, 6.07) is 8.18. The number of hydrogen-bond acceptors (Lipinski definition) is 1. The number of unbranched alkanes of at least 4 members (excludes halogenated alkanes) is 1. The summed E-state index contributed by atoms with van der Waals surface area (Å²) in [5.74, 6) is -0.457. The van der Waals surface area contributed by atoms with Crippen LogP contribution in [0.1, 0.15) is 43.7 Å². The molecule has 0 spiro atoms. The molecule has 1 rings (SSSR count). The molecule has 0 saturated heterocycles. The quantitative estimate of drug-likeness (QED) is 0.789. The number of benzene rings is 1. The minimum atomic E-state index is -0.267. The van der Waals surface area contributed by atoms with Gasteiger partial charge >= 0.3 is 0 Å². The maximum atomic E-state index is 11.0. The Morgan fingerprint density at radius 1 is 1.33 bits per heavy atom. The smallest absolute Gasteiger partial charge is 0.224 e. The fourth-order valence-corrected chi connectivity index (χ4v) is 1.52. The lowest BCUT2D eigenvalue weighted by Gasteiger charge is -2.08. The Balaban J connectivity index is 2.67. The number of rotatable bonds is 5. The molecule has 0 heterocycles. The Morgan fingerprint density at radius 2 is 1.93 bits per heavy atom. The molecular formula is C13H19NO. The first-order chi connectivity index (χ1) is 7.15. The van der Waals surface area contributed by atoms with Crippen LogP contribution in [-0.4, -0.2) is 5.91 Å². The fraction of sp³-hybridized carbons (Fsp3) is 0.462. The van der Waals surface area contributed by atoms with Gasteiger partial charge in [-0.25, -0.2) is 0 Å². The number of carbonyl (C=O) groups is 1. The highest BCUT2D eigenvalue weighted by molar-refractivity contribution is 5.81. The average Bonchev–Trinajstić information content (AvgIpc) is 2.26. The predicted molar refractivity (Wildman–Crippen MR) is 62.7 cm³/mol. The van der Waals surface area contributed by atoms with E-state index >= 15 is 0 Å². The molecule has 1 atom stereocenters. The van der Waals surface area contributed by atoms with Gasteiger partial charge in [0.1, 0.15) is 0 Å². The van der Waals surface area contributed by atoms with Crippen LogP contribution in [0.2, 0.25) is 0 Å². The summed E-state index contributed by atoms with van der Waals surface area (Å²) in [7, 11) is 0. The molecule has 15 heavy (non-hydrogen) atoms. The zero-order valence-electron chi connectivity index (χ0n) is 9.49. The summed E-state index contributed by atoms with van der Waals surface area (Å²) in [4.78, 5) is 11.0. The summed E-state index contributed by atoms with van der Waals surface area (Å²) in [6.07, 6.45) is 3.53. The molecule has 82 valence electrons. The van der Waals surface area contributed by atoms with E-state index in [0.29, 0.717) is 0 Å². The second kappa shape index (κ2) is 5.54. The SMILES string of the molecule is CCCCc1ccc(C(C)C(N)=O)cc1. The minimum Gasteiger partial charge on any atom is -0.369 e. The highest BCUT2D eigenvalue weighted by atomic mass is 16.1. The van der Waals surface area contributed by atoms with Gasteiger partial charge in [0.05, 0.1) is 5.92 Å². The molecule has 0 aliphatic heterocycles. The van der Waals surface area contributed by atoms with Gasteiger partial charge in [-0.1, -0.05) is 37.6 Å². The second-order valence-electron chi connectivity index (χ2n) is 3.97. The molecule has 1 unspecified atom stereocenters. The Bertz CT molecular complexity index is 316. The van der Waals surface area contributed by atoms with Crippen LogP contribution in [-0.2, 0) is 11.2 Å². The largest absolute Gasteiger partial charge is 0.369 e. The third kappa shape index (κ3) is 3.39. The molecule has 0 aliphatic carbocycles. The van der Waals surface area contributed by atoms with Crippen molar-refractivity contribution in [2.75, 3.05) is 0 Å². The minimum absolute atomic E-state index is 0.190. The van der Waals surface area contributed by atoms with E-state index in [-0.39, 0.29) is 11.8 Å². The lowest BCUT2D eigenvalue weighted by molar-refractivity contribution is -0.119. The number of hydrogen-bond donors (Lipinski definition) is 1. The van der Waals surface area contributed by atoms with E-state index in [0.717, 1.165) is 12.0 Å². The fourth-order valence-electron chi connectivity index (χ4n) is 1.52. The van der Waals surface area contributed by atoms with Crippen LogP contribution in [0.4, 0.5) is 0 Å². The van der Waals surface area contributed by atoms with Crippen molar-refractivity contribution in [2.24, 2.45) is 5.73 Å². The van der Waals surface area contributed by atoms with Crippen LogP contribution < -0.4 is 5.73 Å². The van der Waals surface area contributed by atoms with E-state index in [1.165, 1.54) is 18.4 Å². The second-order valence-corrected chi connectivity index (χ2v) is 3.97. The number of amides is 1. The first-order valence-corrected chi connectivity index (χ1v) is 5.53. The highest BCUT2D eigenvalue weighted by Gasteiger charge is 2.10. The number of aryl methyl sites for hydroxylation is 1. The molecule has 2 nitrogen and oxygen atoms in total. The van der Waals surface area contributed by atoms with Gasteiger partial charge in [-0.15, -0.1) is 0 Å². The monoisotopic (exact) mass is 205 g/mol. The van der Waals surface area contributed by atoms with Crippen molar-refractivity contribution < 1.29 is 4.79 Å². The Hall–Kier alpha value is -1.31. The van der Waals surface area contributed by atoms with E-state index in [4.69, 9.17) is 5.73 Å². The van der Waals surface area contributed by atoms with Crippen molar-refractivity contribution in [3.8, 4) is 0 Å². The van der Waals surface area contributed by atoms with Crippen molar-refractivity contribution in [2.45, 2.75) is 39.0 Å². The summed E-state index contributed by atoms with van der Waals surface area (Å²) >= 11 is 0. The van der Waals surface area contributed by atoms with Crippen LogP contribution in [0.3, 0.4) is 0 Å². The van der Waals surface area contributed by atoms with Gasteiger partial charge in [0.2, 0.25) is 5.91 Å². The van der Waals surface area contributed by atoms with Gasteiger partial charge < -0.3 is 5.73 Å². The Kier molecular flexibility index (Phi) is 4.35. The summed E-state index contributed by atoms with van der Waals surface area (Å²) in [5, 5.41) is 0.